The van der Waals surface area contributed by atoms with Crippen LogP contribution in [0.3, 0.4) is 0 Å². The topological polar surface area (TPSA) is 141 Å². The normalized spacial score (nSPS) is 21.3. The number of hydrogen-bond donors (Lipinski definition) is 3. The number of pyridine rings is 2. The van der Waals surface area contributed by atoms with E-state index in [0.29, 0.717) is 61.6 Å². The molecule has 4 aromatic rings. The number of β-amino-alcohol motifs (C(OH)–C–C–N with tert-alkyl or cyclic N) is 1. The van der Waals surface area contributed by atoms with Crippen LogP contribution < -0.4 is 21.5 Å². The first-order valence-electron chi connectivity index (χ1n) is 21.4. The molecule has 2 aromatic carbocycles. The Balaban J connectivity index is 0.000000181. The number of nitrogens with one attached hydrogen (secondary N) is 2. The minimum atomic E-state index is -1.09. The number of nitrogens with zero attached hydrogens (tertiary/aromatic N) is 2. The SMILES string of the molecule is CCOC(=O)c1cn(C2CC2)c2c(CCC[C@@H]3C[C@@H](C)CN3)c(F)c(F)cc2c1=O.CCOC(=O)c1cn(C2CC2)c2c(CCC[C@@H]3C[C@@H](O)CN3)c(F)c(F)cc2c1=O. The number of esters is 2. The lowest BCUT2D eigenvalue weighted by Crippen LogP contribution is -2.23. The molecule has 0 spiro atoms. The predicted molar refractivity (Wildman–Crippen MR) is 219 cm³/mol. The number of rotatable bonds is 14. The van der Waals surface area contributed by atoms with Crippen molar-refractivity contribution in [2.75, 3.05) is 26.3 Å². The van der Waals surface area contributed by atoms with Crippen molar-refractivity contribution in [3.8, 4) is 0 Å². The molecule has 11 nitrogen and oxygen atoms in total. The highest BCUT2D eigenvalue weighted by Gasteiger charge is 2.32. The van der Waals surface area contributed by atoms with E-state index in [-0.39, 0.29) is 76.9 Å². The third kappa shape index (κ3) is 9.32. The van der Waals surface area contributed by atoms with Gasteiger partial charge in [0, 0.05) is 65.0 Å². The van der Waals surface area contributed by atoms with Crippen LogP contribution in [0.1, 0.15) is 129 Å². The molecule has 2 aliphatic carbocycles. The van der Waals surface area contributed by atoms with Gasteiger partial charge >= 0.3 is 11.9 Å². The van der Waals surface area contributed by atoms with Crippen molar-refractivity contribution in [3.05, 3.63) is 90.5 Å². The van der Waals surface area contributed by atoms with Gasteiger partial charge in [-0.3, -0.25) is 9.59 Å². The molecule has 4 heterocycles. The van der Waals surface area contributed by atoms with Crippen LogP contribution in [0, 0.1) is 29.2 Å². The highest BCUT2D eigenvalue weighted by molar-refractivity contribution is 5.95. The molecule has 3 N–H and O–H groups in total. The molecule has 2 saturated heterocycles. The molecule has 4 aliphatic rings. The van der Waals surface area contributed by atoms with E-state index in [1.54, 1.807) is 23.0 Å². The molecule has 2 saturated carbocycles. The van der Waals surface area contributed by atoms with E-state index in [4.69, 9.17) is 9.47 Å². The number of benzene rings is 2. The molecule has 4 atom stereocenters. The molecular formula is C45H54F4N4O7. The largest absolute Gasteiger partial charge is 0.462 e. The maximum atomic E-state index is 14.9. The van der Waals surface area contributed by atoms with Gasteiger partial charge in [0.2, 0.25) is 10.9 Å². The molecule has 4 fully saturated rings. The number of aliphatic hydroxyl groups is 1. The minimum Gasteiger partial charge on any atom is -0.462 e. The number of aliphatic hydroxyl groups excluding tert-OH is 1. The Kier molecular flexibility index (Phi) is 13.5. The lowest BCUT2D eigenvalue weighted by molar-refractivity contribution is 0.0514. The van der Waals surface area contributed by atoms with Crippen LogP contribution in [0.2, 0.25) is 0 Å². The summed E-state index contributed by atoms with van der Waals surface area (Å²) in [7, 11) is 0. The zero-order chi connectivity index (χ0) is 42.8. The Morgan fingerprint density at radius 2 is 1.15 bits per heavy atom. The van der Waals surface area contributed by atoms with Gasteiger partial charge in [-0.2, -0.15) is 0 Å². The molecule has 0 amide bonds. The van der Waals surface area contributed by atoms with Gasteiger partial charge in [0.1, 0.15) is 11.1 Å². The summed E-state index contributed by atoms with van der Waals surface area (Å²) in [6.07, 6.45) is 11.2. The third-order valence-corrected chi connectivity index (χ3v) is 12.1. The minimum absolute atomic E-state index is 0.00997. The molecule has 15 heteroatoms. The molecule has 324 valence electrons. The van der Waals surface area contributed by atoms with Crippen molar-refractivity contribution >= 4 is 33.7 Å². The maximum Gasteiger partial charge on any atom is 0.343 e. The standard InChI is InChI=1S/C23H28F2N2O3.C22H26F2N2O4/c1-3-30-23(29)18-12-27(15-7-8-15)21-16(6-4-5-14-9-13(2)11-26-14)20(25)19(24)10-17(21)22(18)28;1-2-30-22(29)17-11-26(13-6-7-13)20-15(5-3-4-12-8-14(27)10-25-12)19(24)18(23)9-16(20)21(17)28/h10,12-15,26H,3-9,11H2,1-2H3;9,11-14,25,27H,2-8,10H2,1H3/t13-,14-;12-,14-/m11/s1. The van der Waals surface area contributed by atoms with Crippen molar-refractivity contribution in [1.29, 1.82) is 0 Å². The summed E-state index contributed by atoms with van der Waals surface area (Å²) in [5, 5.41) is 16.4. The summed E-state index contributed by atoms with van der Waals surface area (Å²) in [6, 6.07) is 2.50. The summed E-state index contributed by atoms with van der Waals surface area (Å²) in [4.78, 5) is 50.4. The Labute approximate surface area is 345 Å². The van der Waals surface area contributed by atoms with Crippen molar-refractivity contribution in [2.24, 2.45) is 5.92 Å². The Bertz CT molecular complexity index is 2230. The second-order valence-corrected chi connectivity index (χ2v) is 16.8. The lowest BCUT2D eigenvalue weighted by atomic mass is 9.98. The van der Waals surface area contributed by atoms with E-state index >= 15 is 0 Å². The third-order valence-electron chi connectivity index (χ3n) is 12.1. The van der Waals surface area contributed by atoms with E-state index in [0.717, 1.165) is 57.2 Å². The summed E-state index contributed by atoms with van der Waals surface area (Å²) in [5.74, 6) is -4.84. The van der Waals surface area contributed by atoms with Crippen molar-refractivity contribution in [2.45, 2.75) is 128 Å². The molecule has 8 rings (SSSR count). The van der Waals surface area contributed by atoms with Crippen molar-refractivity contribution < 1.29 is 41.7 Å². The number of ether oxygens (including phenoxy) is 2. The van der Waals surface area contributed by atoms with Crippen LogP contribution in [0.5, 0.6) is 0 Å². The van der Waals surface area contributed by atoms with E-state index < -0.39 is 46.1 Å². The molecular weight excluding hydrogens is 785 g/mol. The summed E-state index contributed by atoms with van der Waals surface area (Å²) >= 11 is 0. The van der Waals surface area contributed by atoms with Crippen LogP contribution in [0.15, 0.2) is 34.1 Å². The molecule has 0 unspecified atom stereocenters. The predicted octanol–water partition coefficient (Wildman–Crippen LogP) is 6.95. The Hall–Kier alpha value is -4.60. The summed E-state index contributed by atoms with van der Waals surface area (Å²) in [5.41, 5.74) is -0.336. The molecule has 2 aliphatic heterocycles. The van der Waals surface area contributed by atoms with Crippen LogP contribution in [0.4, 0.5) is 17.6 Å². The first kappa shape index (κ1) is 43.5. The van der Waals surface area contributed by atoms with Crippen LogP contribution >= 0.6 is 0 Å². The molecule has 60 heavy (non-hydrogen) atoms. The number of aromatic nitrogens is 2. The fourth-order valence-electron chi connectivity index (χ4n) is 8.84. The van der Waals surface area contributed by atoms with Gasteiger partial charge in [-0.25, -0.2) is 27.2 Å². The number of aryl methyl sites for hydroxylation is 2. The van der Waals surface area contributed by atoms with Crippen molar-refractivity contribution in [1.82, 2.24) is 19.8 Å². The van der Waals surface area contributed by atoms with Gasteiger partial charge in [0.25, 0.3) is 0 Å². The van der Waals surface area contributed by atoms with Gasteiger partial charge in [-0.1, -0.05) is 6.92 Å². The summed E-state index contributed by atoms with van der Waals surface area (Å²) in [6.45, 7) is 7.28. The number of hydrogen-bond acceptors (Lipinski definition) is 9. The smallest absolute Gasteiger partial charge is 0.343 e. The van der Waals surface area contributed by atoms with Gasteiger partial charge in [-0.05, 0) is 115 Å². The quantitative estimate of drug-likeness (QED) is 0.0910. The fourth-order valence-corrected chi connectivity index (χ4v) is 8.84. The second kappa shape index (κ2) is 18.6. The Morgan fingerprint density at radius 1 is 0.717 bits per heavy atom. The lowest BCUT2D eigenvalue weighted by Gasteiger charge is -2.18. The maximum absolute atomic E-state index is 14.9. The van der Waals surface area contributed by atoms with Crippen LogP contribution in [0.25, 0.3) is 21.8 Å². The highest BCUT2D eigenvalue weighted by Crippen LogP contribution is 2.40. The first-order valence-corrected chi connectivity index (χ1v) is 21.4. The van der Waals surface area contributed by atoms with Crippen LogP contribution in [-0.4, -0.2) is 70.7 Å². The second-order valence-electron chi connectivity index (χ2n) is 16.8. The average Bonchev–Trinajstić information content (AvgIpc) is 4.16. The highest BCUT2D eigenvalue weighted by atomic mass is 19.2. The number of fused-ring (bicyclic) bond motifs is 2. The van der Waals surface area contributed by atoms with E-state index in [9.17, 15) is 41.8 Å². The zero-order valence-electron chi connectivity index (χ0n) is 34.4. The first-order chi connectivity index (χ1) is 28.8. The zero-order valence-corrected chi connectivity index (χ0v) is 34.4. The number of halogens is 4. The van der Waals surface area contributed by atoms with Gasteiger partial charge < -0.3 is 34.3 Å². The van der Waals surface area contributed by atoms with Crippen LogP contribution in [-0.2, 0) is 22.3 Å². The molecule has 2 aromatic heterocycles. The van der Waals surface area contributed by atoms with E-state index in [1.165, 1.54) is 12.4 Å². The van der Waals surface area contributed by atoms with Crippen molar-refractivity contribution in [3.63, 3.8) is 0 Å². The van der Waals surface area contributed by atoms with E-state index in [2.05, 4.69) is 17.6 Å². The number of carbonyl (C=O) groups is 2. The van der Waals surface area contributed by atoms with Gasteiger partial charge in [-0.15, -0.1) is 0 Å². The molecule has 0 bridgehead atoms. The summed E-state index contributed by atoms with van der Waals surface area (Å²) < 4.78 is 72.1. The van der Waals surface area contributed by atoms with Gasteiger partial charge in [0.15, 0.2) is 23.3 Å². The van der Waals surface area contributed by atoms with Gasteiger partial charge in [0.05, 0.1) is 30.4 Å². The Morgan fingerprint density at radius 3 is 1.52 bits per heavy atom. The number of carbonyl (C=O) groups excluding carboxylic acids is 2. The monoisotopic (exact) mass is 838 g/mol. The molecule has 0 radical (unpaired) electrons. The fraction of sp³-hybridized carbons (Fsp3) is 0.556. The van der Waals surface area contributed by atoms with E-state index in [1.807, 2.05) is 0 Å². The average molecular weight is 839 g/mol.